The predicted molar refractivity (Wildman–Crippen MR) is 121 cm³/mol. The molecular formula is C23H29N3O5S. The molecule has 0 spiro atoms. The molecule has 3 rings (SSSR count). The van der Waals surface area contributed by atoms with Crippen LogP contribution in [-0.2, 0) is 30.9 Å². The van der Waals surface area contributed by atoms with Gasteiger partial charge in [-0.25, -0.2) is 8.42 Å². The molecule has 8 nitrogen and oxygen atoms in total. The molecule has 1 heterocycles. The van der Waals surface area contributed by atoms with Crippen molar-refractivity contribution in [1.29, 1.82) is 0 Å². The average molecular weight is 460 g/mol. The molecule has 172 valence electrons. The zero-order chi connectivity index (χ0) is 23.0. The third-order valence-electron chi connectivity index (χ3n) is 5.30. The van der Waals surface area contributed by atoms with E-state index >= 15 is 0 Å². The fourth-order valence-corrected chi connectivity index (χ4v) is 5.19. The van der Waals surface area contributed by atoms with E-state index in [2.05, 4.69) is 5.32 Å². The first kappa shape index (κ1) is 23.9. The van der Waals surface area contributed by atoms with Gasteiger partial charge in [-0.3, -0.25) is 14.5 Å². The van der Waals surface area contributed by atoms with E-state index < -0.39 is 10.0 Å². The van der Waals surface area contributed by atoms with Crippen LogP contribution in [0.5, 0.6) is 0 Å². The van der Waals surface area contributed by atoms with Crippen LogP contribution in [0.3, 0.4) is 0 Å². The number of nitrogens with zero attached hydrogens (tertiary/aromatic N) is 2. The first-order chi connectivity index (χ1) is 15.4. The van der Waals surface area contributed by atoms with Crippen molar-refractivity contribution in [3.8, 4) is 0 Å². The van der Waals surface area contributed by atoms with Crippen molar-refractivity contribution >= 4 is 27.6 Å². The van der Waals surface area contributed by atoms with E-state index in [1.807, 2.05) is 35.2 Å². The maximum atomic E-state index is 12.8. The number of anilines is 1. The minimum atomic E-state index is -3.56. The molecule has 1 N–H and O–H groups in total. The lowest BCUT2D eigenvalue weighted by atomic mass is 10.2. The minimum absolute atomic E-state index is 0.0506. The number of carbonyl (C=O) groups excluding carboxylic acids is 2. The van der Waals surface area contributed by atoms with Crippen LogP contribution < -0.4 is 5.32 Å². The van der Waals surface area contributed by atoms with Gasteiger partial charge in [0, 0.05) is 31.9 Å². The molecule has 0 atom stereocenters. The molecule has 1 aliphatic heterocycles. The summed E-state index contributed by atoms with van der Waals surface area (Å²) in [5.74, 6) is -0.634. The van der Waals surface area contributed by atoms with Crippen molar-refractivity contribution in [2.45, 2.75) is 30.7 Å². The molecule has 0 bridgehead atoms. The Hall–Kier alpha value is -2.75. The molecule has 32 heavy (non-hydrogen) atoms. The fraction of sp³-hybridized carbons (Fsp3) is 0.391. The standard InChI is InChI=1S/C23H29N3O5S/c1-31-23(28)12-15-25(17-19-8-3-2-4-9-19)18-22(27)24-20-10-7-11-21(16-20)32(29,30)26-13-5-6-14-26/h2-4,7-11,16H,5-6,12-15,17-18H2,1H3,(H,24,27). The zero-order valence-corrected chi connectivity index (χ0v) is 19.0. The molecule has 1 saturated heterocycles. The topological polar surface area (TPSA) is 96.0 Å². The van der Waals surface area contributed by atoms with Gasteiger partial charge in [0.05, 0.1) is 25.0 Å². The summed E-state index contributed by atoms with van der Waals surface area (Å²) in [6.07, 6.45) is 1.89. The lowest BCUT2D eigenvalue weighted by Gasteiger charge is -2.21. The van der Waals surface area contributed by atoms with Crippen molar-refractivity contribution in [2.75, 3.05) is 38.6 Å². The van der Waals surface area contributed by atoms with Gasteiger partial charge >= 0.3 is 5.97 Å². The predicted octanol–water partition coefficient (Wildman–Crippen LogP) is 2.47. The van der Waals surface area contributed by atoms with Gasteiger partial charge in [-0.05, 0) is 36.6 Å². The van der Waals surface area contributed by atoms with Crippen molar-refractivity contribution in [3.05, 3.63) is 60.2 Å². The Balaban J connectivity index is 1.66. The van der Waals surface area contributed by atoms with Gasteiger partial charge < -0.3 is 10.1 Å². The lowest BCUT2D eigenvalue weighted by molar-refractivity contribution is -0.141. The van der Waals surface area contributed by atoms with Crippen LogP contribution >= 0.6 is 0 Å². The second kappa shape index (κ2) is 11.2. The largest absolute Gasteiger partial charge is 0.469 e. The summed E-state index contributed by atoms with van der Waals surface area (Å²) < 4.78 is 31.8. The van der Waals surface area contributed by atoms with Crippen LogP contribution in [0.1, 0.15) is 24.8 Å². The van der Waals surface area contributed by atoms with Gasteiger partial charge in [-0.15, -0.1) is 0 Å². The molecule has 1 aliphatic rings. The van der Waals surface area contributed by atoms with Crippen LogP contribution in [0.15, 0.2) is 59.5 Å². The highest BCUT2D eigenvalue weighted by Crippen LogP contribution is 2.23. The maximum absolute atomic E-state index is 12.8. The second-order valence-corrected chi connectivity index (χ2v) is 9.65. The Morgan fingerprint density at radius 1 is 1.06 bits per heavy atom. The smallest absolute Gasteiger partial charge is 0.306 e. The molecule has 9 heteroatoms. The number of rotatable bonds is 10. The Morgan fingerprint density at radius 3 is 2.47 bits per heavy atom. The highest BCUT2D eigenvalue weighted by Gasteiger charge is 2.27. The molecule has 2 aromatic rings. The number of ether oxygens (including phenoxy) is 1. The number of benzene rings is 2. The molecule has 0 unspecified atom stereocenters. The lowest BCUT2D eigenvalue weighted by Crippen LogP contribution is -2.34. The third-order valence-corrected chi connectivity index (χ3v) is 7.19. The number of hydrogen-bond acceptors (Lipinski definition) is 6. The molecule has 1 amide bonds. The maximum Gasteiger partial charge on any atom is 0.306 e. The van der Waals surface area contributed by atoms with Gasteiger partial charge in [-0.1, -0.05) is 36.4 Å². The number of methoxy groups -OCH3 is 1. The number of carbonyl (C=O) groups is 2. The summed E-state index contributed by atoms with van der Waals surface area (Å²) in [7, 11) is -2.23. The van der Waals surface area contributed by atoms with Crippen molar-refractivity contribution < 1.29 is 22.7 Å². The summed E-state index contributed by atoms with van der Waals surface area (Å²) in [6.45, 7) is 1.95. The Labute approximate surface area is 189 Å². The highest BCUT2D eigenvalue weighted by molar-refractivity contribution is 7.89. The molecule has 2 aromatic carbocycles. The van der Waals surface area contributed by atoms with Crippen molar-refractivity contribution in [3.63, 3.8) is 0 Å². The minimum Gasteiger partial charge on any atom is -0.469 e. The first-order valence-corrected chi connectivity index (χ1v) is 12.1. The van der Waals surface area contributed by atoms with E-state index in [9.17, 15) is 18.0 Å². The van der Waals surface area contributed by atoms with Crippen LogP contribution in [0.4, 0.5) is 5.69 Å². The average Bonchev–Trinajstić information content (AvgIpc) is 3.34. The van der Waals surface area contributed by atoms with E-state index in [4.69, 9.17) is 4.74 Å². The molecule has 0 aliphatic carbocycles. The van der Waals surface area contributed by atoms with Crippen molar-refractivity contribution in [1.82, 2.24) is 9.21 Å². The van der Waals surface area contributed by atoms with Gasteiger partial charge in [0.25, 0.3) is 0 Å². The van der Waals surface area contributed by atoms with E-state index in [-0.39, 0.29) is 29.7 Å². The summed E-state index contributed by atoms with van der Waals surface area (Å²) in [5.41, 5.74) is 1.44. The third kappa shape index (κ3) is 6.62. The van der Waals surface area contributed by atoms with E-state index in [1.54, 1.807) is 18.2 Å². The quantitative estimate of drug-likeness (QED) is 0.549. The number of nitrogens with one attached hydrogen (secondary N) is 1. The summed E-state index contributed by atoms with van der Waals surface area (Å²) in [4.78, 5) is 26.3. The molecule has 0 saturated carbocycles. The fourth-order valence-electron chi connectivity index (χ4n) is 3.62. The number of sulfonamides is 1. The number of hydrogen-bond donors (Lipinski definition) is 1. The van der Waals surface area contributed by atoms with Crippen LogP contribution in [-0.4, -0.2) is 62.8 Å². The van der Waals surface area contributed by atoms with Crippen LogP contribution in [0, 0.1) is 0 Å². The number of esters is 1. The van der Waals surface area contributed by atoms with Gasteiger partial charge in [0.2, 0.25) is 15.9 Å². The van der Waals surface area contributed by atoms with E-state index in [0.29, 0.717) is 31.9 Å². The van der Waals surface area contributed by atoms with Crippen LogP contribution in [0.25, 0.3) is 0 Å². The highest BCUT2D eigenvalue weighted by atomic mass is 32.2. The molecule has 1 fully saturated rings. The van der Waals surface area contributed by atoms with E-state index in [1.165, 1.54) is 17.5 Å². The SMILES string of the molecule is COC(=O)CCN(CC(=O)Nc1cccc(S(=O)(=O)N2CCCC2)c1)Cc1ccccc1. The van der Waals surface area contributed by atoms with Gasteiger partial charge in [-0.2, -0.15) is 4.31 Å². The monoisotopic (exact) mass is 459 g/mol. The van der Waals surface area contributed by atoms with Crippen molar-refractivity contribution in [2.24, 2.45) is 0 Å². The summed E-state index contributed by atoms with van der Waals surface area (Å²) in [6, 6.07) is 16.0. The molecular weight excluding hydrogens is 430 g/mol. The van der Waals surface area contributed by atoms with Gasteiger partial charge in [0.1, 0.15) is 0 Å². The van der Waals surface area contributed by atoms with E-state index in [0.717, 1.165) is 18.4 Å². The van der Waals surface area contributed by atoms with Gasteiger partial charge in [0.15, 0.2) is 0 Å². The first-order valence-electron chi connectivity index (χ1n) is 10.6. The second-order valence-electron chi connectivity index (χ2n) is 7.71. The molecule has 0 radical (unpaired) electrons. The summed E-state index contributed by atoms with van der Waals surface area (Å²) in [5, 5.41) is 2.78. The normalized spacial score (nSPS) is 14.4. The number of amides is 1. The Kier molecular flexibility index (Phi) is 8.38. The Bertz CT molecular complexity index is 1020. The molecule has 0 aromatic heterocycles. The summed E-state index contributed by atoms with van der Waals surface area (Å²) >= 11 is 0. The van der Waals surface area contributed by atoms with Crippen LogP contribution in [0.2, 0.25) is 0 Å². The Morgan fingerprint density at radius 2 is 1.78 bits per heavy atom. The zero-order valence-electron chi connectivity index (χ0n) is 18.2.